The van der Waals surface area contributed by atoms with Crippen molar-refractivity contribution in [3.8, 4) is 5.88 Å². The van der Waals surface area contributed by atoms with Crippen LogP contribution in [0.3, 0.4) is 0 Å². The van der Waals surface area contributed by atoms with Crippen molar-refractivity contribution in [3.63, 3.8) is 0 Å². The standard InChI is InChI=1S/C20H19ClF4N4O3/c1-11-18(30)26-6-7-29(11)19(31)28-17(12-2-4-15(22)14(21)8-12)13-3-5-16(27-9-13)32-10-20(23,24)25/h2-5,8-9,11,17H,6-7,10H2,1H3,(H,26,30)(H,28,31)/t11-,17+/m1/s1. The zero-order valence-corrected chi connectivity index (χ0v) is 17.5. The number of carbonyl (C=O) groups excluding carboxylic acids is 2. The monoisotopic (exact) mass is 474 g/mol. The SMILES string of the molecule is C[C@@H]1C(=O)NCCN1C(=O)N[C@H](c1ccc(OCC(F)(F)F)nc1)c1ccc(F)c(Cl)c1. The van der Waals surface area contributed by atoms with Crippen LogP contribution in [-0.2, 0) is 4.79 Å². The number of rotatable bonds is 5. The highest BCUT2D eigenvalue weighted by molar-refractivity contribution is 6.30. The first kappa shape index (κ1) is 23.6. The Bertz CT molecular complexity index is 988. The molecule has 32 heavy (non-hydrogen) atoms. The molecule has 0 aliphatic carbocycles. The molecule has 0 radical (unpaired) electrons. The molecule has 3 rings (SSSR count). The van der Waals surface area contributed by atoms with Crippen LogP contribution in [-0.4, -0.2) is 53.7 Å². The molecule has 1 aliphatic rings. The molecule has 0 bridgehead atoms. The summed E-state index contributed by atoms with van der Waals surface area (Å²) in [7, 11) is 0. The van der Waals surface area contributed by atoms with Crippen LogP contribution in [0.5, 0.6) is 5.88 Å². The first-order valence-corrected chi connectivity index (χ1v) is 9.88. The van der Waals surface area contributed by atoms with Crippen molar-refractivity contribution in [3.05, 3.63) is 58.5 Å². The quantitative estimate of drug-likeness (QED) is 0.650. The van der Waals surface area contributed by atoms with Crippen LogP contribution in [0.2, 0.25) is 5.02 Å². The van der Waals surface area contributed by atoms with Crippen molar-refractivity contribution in [1.29, 1.82) is 0 Å². The maximum atomic E-state index is 13.7. The fourth-order valence-corrected chi connectivity index (χ4v) is 3.31. The predicted octanol–water partition coefficient (Wildman–Crippen LogP) is 3.43. The summed E-state index contributed by atoms with van der Waals surface area (Å²) in [6.07, 6.45) is -3.28. The van der Waals surface area contributed by atoms with Crippen LogP contribution in [0, 0.1) is 5.82 Å². The van der Waals surface area contributed by atoms with Gasteiger partial charge in [0.15, 0.2) is 6.61 Å². The van der Waals surface area contributed by atoms with Crippen molar-refractivity contribution in [2.75, 3.05) is 19.7 Å². The van der Waals surface area contributed by atoms with Gasteiger partial charge in [0.25, 0.3) is 0 Å². The molecule has 12 heteroatoms. The lowest BCUT2D eigenvalue weighted by atomic mass is 10.00. The van der Waals surface area contributed by atoms with Gasteiger partial charge in [-0.2, -0.15) is 13.2 Å². The van der Waals surface area contributed by atoms with Gasteiger partial charge in [-0.3, -0.25) is 4.79 Å². The Morgan fingerprint density at radius 3 is 2.69 bits per heavy atom. The molecular weight excluding hydrogens is 456 g/mol. The lowest BCUT2D eigenvalue weighted by Gasteiger charge is -2.34. The lowest BCUT2D eigenvalue weighted by Crippen LogP contribution is -2.58. The molecule has 1 aromatic carbocycles. The van der Waals surface area contributed by atoms with Crippen molar-refractivity contribution in [2.45, 2.75) is 25.2 Å². The molecule has 0 spiro atoms. The number of nitrogens with one attached hydrogen (secondary N) is 2. The zero-order valence-electron chi connectivity index (χ0n) is 16.7. The van der Waals surface area contributed by atoms with Crippen LogP contribution in [0.4, 0.5) is 22.4 Å². The molecule has 172 valence electrons. The molecule has 3 amide bonds. The molecule has 0 unspecified atom stereocenters. The normalized spacial score (nSPS) is 17.5. The third-order valence-electron chi connectivity index (χ3n) is 4.78. The largest absolute Gasteiger partial charge is 0.468 e. The number of piperazine rings is 1. The molecule has 2 heterocycles. The third kappa shape index (κ3) is 5.78. The van der Waals surface area contributed by atoms with E-state index in [1.54, 1.807) is 6.92 Å². The predicted molar refractivity (Wildman–Crippen MR) is 107 cm³/mol. The number of pyridine rings is 1. The summed E-state index contributed by atoms with van der Waals surface area (Å²) in [4.78, 5) is 30.0. The van der Waals surface area contributed by atoms with Crippen LogP contribution >= 0.6 is 11.6 Å². The second-order valence-electron chi connectivity index (χ2n) is 7.05. The van der Waals surface area contributed by atoms with E-state index in [9.17, 15) is 27.2 Å². The summed E-state index contributed by atoms with van der Waals surface area (Å²) in [5.74, 6) is -1.22. The summed E-state index contributed by atoms with van der Waals surface area (Å²) >= 11 is 5.89. The minimum atomic E-state index is -4.51. The number of hydrogen-bond donors (Lipinski definition) is 2. The van der Waals surface area contributed by atoms with E-state index in [2.05, 4.69) is 20.4 Å². The lowest BCUT2D eigenvalue weighted by molar-refractivity contribution is -0.154. The Labute approximate surface area is 185 Å². The molecule has 7 nitrogen and oxygen atoms in total. The molecule has 1 aliphatic heterocycles. The summed E-state index contributed by atoms with van der Waals surface area (Å²) in [6.45, 7) is 0.642. The minimum absolute atomic E-state index is 0.175. The van der Waals surface area contributed by atoms with Gasteiger partial charge in [0.05, 0.1) is 11.1 Å². The van der Waals surface area contributed by atoms with Gasteiger partial charge in [-0.25, -0.2) is 14.2 Å². The van der Waals surface area contributed by atoms with Crippen molar-refractivity contribution < 1.29 is 31.9 Å². The number of amides is 3. The van der Waals surface area contributed by atoms with E-state index < -0.39 is 36.7 Å². The second-order valence-corrected chi connectivity index (χ2v) is 7.46. The second kappa shape index (κ2) is 9.60. The number of nitrogens with zero attached hydrogens (tertiary/aromatic N) is 2. The van der Waals surface area contributed by atoms with Crippen LogP contribution in [0.1, 0.15) is 24.1 Å². The van der Waals surface area contributed by atoms with Gasteiger partial charge in [0.2, 0.25) is 11.8 Å². The fourth-order valence-electron chi connectivity index (χ4n) is 3.12. The number of urea groups is 1. The molecule has 2 aromatic rings. The van der Waals surface area contributed by atoms with Gasteiger partial charge in [-0.05, 0) is 36.2 Å². The van der Waals surface area contributed by atoms with Crippen molar-refractivity contribution >= 4 is 23.5 Å². The number of halogens is 5. The molecule has 0 saturated carbocycles. The van der Waals surface area contributed by atoms with Crippen LogP contribution in [0.25, 0.3) is 0 Å². The van der Waals surface area contributed by atoms with Gasteiger partial charge in [-0.15, -0.1) is 0 Å². The van der Waals surface area contributed by atoms with E-state index in [1.807, 2.05) is 0 Å². The van der Waals surface area contributed by atoms with Crippen molar-refractivity contribution in [2.24, 2.45) is 0 Å². The molecule has 1 aromatic heterocycles. The molecule has 2 N–H and O–H groups in total. The van der Waals surface area contributed by atoms with Gasteiger partial charge < -0.3 is 20.3 Å². The van der Waals surface area contributed by atoms with Gasteiger partial charge >= 0.3 is 12.2 Å². The molecular formula is C20H19ClF4N4O3. The number of hydrogen-bond acceptors (Lipinski definition) is 4. The van der Waals surface area contributed by atoms with Crippen LogP contribution in [0.15, 0.2) is 36.5 Å². The highest BCUT2D eigenvalue weighted by atomic mass is 35.5. The molecule has 2 atom stereocenters. The van der Waals surface area contributed by atoms with Crippen LogP contribution < -0.4 is 15.4 Å². The van der Waals surface area contributed by atoms with E-state index in [1.165, 1.54) is 35.4 Å². The smallest absolute Gasteiger partial charge is 0.422 e. The van der Waals surface area contributed by atoms with E-state index >= 15 is 0 Å². The van der Waals surface area contributed by atoms with Gasteiger partial charge in [0, 0.05) is 25.4 Å². The number of benzene rings is 1. The highest BCUT2D eigenvalue weighted by Crippen LogP contribution is 2.27. The Morgan fingerprint density at radius 1 is 1.34 bits per heavy atom. The fraction of sp³-hybridized carbons (Fsp3) is 0.350. The molecule has 1 saturated heterocycles. The van der Waals surface area contributed by atoms with Crippen molar-refractivity contribution in [1.82, 2.24) is 20.5 Å². The minimum Gasteiger partial charge on any atom is -0.468 e. The highest BCUT2D eigenvalue weighted by Gasteiger charge is 2.31. The van der Waals surface area contributed by atoms with Gasteiger partial charge in [-0.1, -0.05) is 17.7 Å². The Balaban J connectivity index is 1.86. The topological polar surface area (TPSA) is 83.6 Å². The summed E-state index contributed by atoms with van der Waals surface area (Å²) in [6, 6.07) is 4.36. The third-order valence-corrected chi connectivity index (χ3v) is 5.07. The first-order chi connectivity index (χ1) is 15.0. The zero-order chi connectivity index (χ0) is 23.5. The van der Waals surface area contributed by atoms with E-state index in [0.29, 0.717) is 11.1 Å². The van der Waals surface area contributed by atoms with E-state index in [4.69, 9.17) is 11.6 Å². The maximum absolute atomic E-state index is 13.7. The number of aromatic nitrogens is 1. The maximum Gasteiger partial charge on any atom is 0.422 e. The summed E-state index contributed by atoms with van der Waals surface area (Å²) in [5, 5.41) is 5.23. The van der Waals surface area contributed by atoms with E-state index in [0.717, 1.165) is 6.07 Å². The summed E-state index contributed by atoms with van der Waals surface area (Å²) in [5.41, 5.74) is 0.791. The first-order valence-electron chi connectivity index (χ1n) is 9.50. The number of carbonyl (C=O) groups is 2. The Morgan fingerprint density at radius 2 is 2.06 bits per heavy atom. The summed E-state index contributed by atoms with van der Waals surface area (Å²) < 4.78 is 55.3. The average Bonchev–Trinajstić information content (AvgIpc) is 2.74. The Hall–Kier alpha value is -3.08. The van der Waals surface area contributed by atoms with Gasteiger partial charge in [0.1, 0.15) is 11.9 Å². The number of ether oxygens (including phenoxy) is 1. The average molecular weight is 475 g/mol. The number of alkyl halides is 3. The Kier molecular flexibility index (Phi) is 7.07. The van der Waals surface area contributed by atoms with E-state index in [-0.39, 0.29) is 29.9 Å². The molecule has 1 fully saturated rings.